The smallest absolute Gasteiger partial charge is 0.303 e. The van der Waals surface area contributed by atoms with Gasteiger partial charge in [-0.2, -0.15) is 5.26 Å². The minimum atomic E-state index is -0.851. The second-order valence-corrected chi connectivity index (χ2v) is 7.66. The predicted molar refractivity (Wildman–Crippen MR) is 101 cm³/mol. The number of aliphatic carboxylic acids is 1. The number of carbonyl (C=O) groups is 1. The van der Waals surface area contributed by atoms with Crippen molar-refractivity contribution < 1.29 is 14.8 Å². The Morgan fingerprint density at radius 2 is 2.04 bits per heavy atom. The molecular formula is C20H19N3O5. The van der Waals surface area contributed by atoms with Crippen LogP contribution in [0.1, 0.15) is 43.9 Å². The summed E-state index contributed by atoms with van der Waals surface area (Å²) in [6, 6.07) is 9.30. The Kier molecular flexibility index (Phi) is 4.77. The predicted octanol–water partition coefficient (Wildman–Crippen LogP) is 3.43. The van der Waals surface area contributed by atoms with Crippen molar-refractivity contribution in [3.8, 4) is 17.2 Å². The van der Waals surface area contributed by atoms with Gasteiger partial charge in [-0.25, -0.2) is 0 Å². The van der Waals surface area contributed by atoms with Crippen molar-refractivity contribution in [2.24, 2.45) is 11.3 Å². The topological polar surface area (TPSA) is 137 Å². The van der Waals surface area contributed by atoms with E-state index in [0.29, 0.717) is 23.2 Å². The molecule has 1 fully saturated rings. The summed E-state index contributed by atoms with van der Waals surface area (Å²) < 4.78 is 0. The number of hydrogen-bond acceptors (Lipinski definition) is 5. The summed E-state index contributed by atoms with van der Waals surface area (Å²) in [6.45, 7) is 3.94. The highest BCUT2D eigenvalue weighted by Gasteiger charge is 2.49. The van der Waals surface area contributed by atoms with Crippen LogP contribution >= 0.6 is 0 Å². The highest BCUT2D eigenvalue weighted by atomic mass is 16.6. The standard InChI is InChI=1S/C20H19N3O5/c1-20(2)12(8-18(24)25)7-16(20)17-9-14(15(10-21)19(26)22-17)11-3-5-13(6-4-11)23(27)28/h3-6,9,12,16H,7-8H2,1-2H3,(H,22,26)(H,24,25). The van der Waals surface area contributed by atoms with Crippen LogP contribution in [0.15, 0.2) is 35.1 Å². The number of nitriles is 1. The van der Waals surface area contributed by atoms with Gasteiger partial charge in [0.25, 0.3) is 11.2 Å². The normalized spacial score (nSPS) is 20.0. The first-order valence-corrected chi connectivity index (χ1v) is 8.79. The molecule has 1 heterocycles. The Morgan fingerprint density at radius 1 is 1.39 bits per heavy atom. The molecule has 1 saturated carbocycles. The number of nitrogens with zero attached hydrogens (tertiary/aromatic N) is 2. The van der Waals surface area contributed by atoms with E-state index in [1.54, 1.807) is 6.07 Å². The maximum atomic E-state index is 12.5. The van der Waals surface area contributed by atoms with E-state index in [1.807, 2.05) is 19.9 Å². The number of benzene rings is 1. The highest BCUT2D eigenvalue weighted by molar-refractivity contribution is 5.71. The Balaban J connectivity index is 2.02. The first kappa shape index (κ1) is 19.3. The molecule has 1 aliphatic rings. The zero-order valence-corrected chi connectivity index (χ0v) is 15.4. The van der Waals surface area contributed by atoms with Gasteiger partial charge < -0.3 is 10.1 Å². The lowest BCUT2D eigenvalue weighted by Gasteiger charge is -2.52. The molecule has 28 heavy (non-hydrogen) atoms. The van der Waals surface area contributed by atoms with Gasteiger partial charge in [-0.15, -0.1) is 0 Å². The maximum Gasteiger partial charge on any atom is 0.303 e. The number of rotatable bonds is 5. The van der Waals surface area contributed by atoms with Crippen LogP contribution in [0.4, 0.5) is 5.69 Å². The van der Waals surface area contributed by atoms with Crippen LogP contribution in [0, 0.1) is 32.8 Å². The molecule has 0 radical (unpaired) electrons. The van der Waals surface area contributed by atoms with Gasteiger partial charge in [0.2, 0.25) is 0 Å². The van der Waals surface area contributed by atoms with Gasteiger partial charge in [0, 0.05) is 35.7 Å². The minimum absolute atomic E-state index is 0.00281. The second-order valence-electron chi connectivity index (χ2n) is 7.66. The van der Waals surface area contributed by atoms with Crippen molar-refractivity contribution in [2.45, 2.75) is 32.6 Å². The molecule has 2 unspecified atom stereocenters. The molecule has 0 saturated heterocycles. The Labute approximate surface area is 160 Å². The average molecular weight is 381 g/mol. The summed E-state index contributed by atoms with van der Waals surface area (Å²) in [5.41, 5.74) is 0.611. The molecule has 144 valence electrons. The fourth-order valence-electron chi connectivity index (χ4n) is 3.97. The molecule has 8 nitrogen and oxygen atoms in total. The van der Waals surface area contributed by atoms with Crippen LogP contribution in [-0.2, 0) is 4.79 Å². The van der Waals surface area contributed by atoms with Gasteiger partial charge in [0.15, 0.2) is 0 Å². The molecule has 2 N–H and O–H groups in total. The lowest BCUT2D eigenvalue weighted by molar-refractivity contribution is -0.384. The van der Waals surface area contributed by atoms with Gasteiger partial charge in [0.1, 0.15) is 11.6 Å². The van der Waals surface area contributed by atoms with Gasteiger partial charge in [-0.1, -0.05) is 13.8 Å². The van der Waals surface area contributed by atoms with Crippen LogP contribution in [0.25, 0.3) is 11.1 Å². The number of carboxylic acids is 1. The van der Waals surface area contributed by atoms with Gasteiger partial charge >= 0.3 is 5.97 Å². The summed E-state index contributed by atoms with van der Waals surface area (Å²) in [4.78, 5) is 36.6. The lowest BCUT2D eigenvalue weighted by atomic mass is 9.53. The van der Waals surface area contributed by atoms with Crippen molar-refractivity contribution in [1.82, 2.24) is 4.98 Å². The highest BCUT2D eigenvalue weighted by Crippen LogP contribution is 2.57. The average Bonchev–Trinajstić information content (AvgIpc) is 2.64. The SMILES string of the molecule is CC1(C)C(CC(=O)O)CC1c1cc(-c2ccc([N+](=O)[O-])cc2)c(C#N)c(=O)[nH]1. The van der Waals surface area contributed by atoms with Crippen LogP contribution in [0.3, 0.4) is 0 Å². The summed E-state index contributed by atoms with van der Waals surface area (Å²) in [5, 5.41) is 29.3. The van der Waals surface area contributed by atoms with E-state index < -0.39 is 16.5 Å². The Bertz CT molecular complexity index is 1050. The van der Waals surface area contributed by atoms with Gasteiger partial charge in [0.05, 0.1) is 4.92 Å². The first-order chi connectivity index (χ1) is 13.1. The van der Waals surface area contributed by atoms with Crippen LogP contribution < -0.4 is 5.56 Å². The Hall–Kier alpha value is -3.47. The Morgan fingerprint density at radius 3 is 2.54 bits per heavy atom. The number of nitrogens with one attached hydrogen (secondary N) is 1. The zero-order chi connectivity index (χ0) is 20.6. The number of nitro benzene ring substituents is 1. The van der Waals surface area contributed by atoms with Crippen LogP contribution in [0.2, 0.25) is 0 Å². The fourth-order valence-corrected chi connectivity index (χ4v) is 3.97. The van der Waals surface area contributed by atoms with E-state index in [-0.39, 0.29) is 34.9 Å². The number of hydrogen-bond donors (Lipinski definition) is 2. The molecule has 3 rings (SSSR count). The number of H-pyrrole nitrogens is 1. The molecule has 1 aromatic heterocycles. The van der Waals surface area contributed by atoms with E-state index >= 15 is 0 Å². The first-order valence-electron chi connectivity index (χ1n) is 8.79. The van der Waals surface area contributed by atoms with E-state index in [2.05, 4.69) is 4.98 Å². The van der Waals surface area contributed by atoms with Crippen LogP contribution in [0.5, 0.6) is 0 Å². The van der Waals surface area contributed by atoms with E-state index in [9.17, 15) is 25.0 Å². The third-order valence-corrected chi connectivity index (χ3v) is 5.82. The minimum Gasteiger partial charge on any atom is -0.481 e. The number of aromatic nitrogens is 1. The third kappa shape index (κ3) is 3.27. The molecule has 2 atom stereocenters. The van der Waals surface area contributed by atoms with E-state index in [0.717, 1.165) is 0 Å². The van der Waals surface area contributed by atoms with Crippen molar-refractivity contribution in [3.63, 3.8) is 0 Å². The number of non-ortho nitro benzene ring substituents is 1. The largest absolute Gasteiger partial charge is 0.481 e. The van der Waals surface area contributed by atoms with Crippen molar-refractivity contribution in [3.05, 3.63) is 62.1 Å². The molecule has 0 amide bonds. The fraction of sp³-hybridized carbons (Fsp3) is 0.350. The molecule has 1 aliphatic carbocycles. The molecule has 1 aromatic carbocycles. The van der Waals surface area contributed by atoms with Crippen molar-refractivity contribution in [2.75, 3.05) is 0 Å². The quantitative estimate of drug-likeness (QED) is 0.601. The molecule has 8 heteroatoms. The number of nitro groups is 1. The van der Waals surface area contributed by atoms with E-state index in [1.165, 1.54) is 24.3 Å². The van der Waals surface area contributed by atoms with Crippen molar-refractivity contribution >= 4 is 11.7 Å². The molecule has 0 bridgehead atoms. The summed E-state index contributed by atoms with van der Waals surface area (Å²) in [7, 11) is 0. The summed E-state index contributed by atoms with van der Waals surface area (Å²) in [5.74, 6) is -0.900. The molecule has 2 aromatic rings. The number of carboxylic acid groups (broad SMARTS) is 1. The second kappa shape index (κ2) is 6.93. The maximum absolute atomic E-state index is 12.5. The molecule has 0 aliphatic heterocycles. The van der Waals surface area contributed by atoms with Crippen LogP contribution in [-0.4, -0.2) is 21.0 Å². The molecule has 0 spiro atoms. The number of aromatic amines is 1. The molecular weight excluding hydrogens is 362 g/mol. The van der Waals surface area contributed by atoms with Crippen molar-refractivity contribution in [1.29, 1.82) is 5.26 Å². The van der Waals surface area contributed by atoms with E-state index in [4.69, 9.17) is 5.11 Å². The number of pyridine rings is 1. The lowest BCUT2D eigenvalue weighted by Crippen LogP contribution is -2.44. The summed E-state index contributed by atoms with van der Waals surface area (Å²) >= 11 is 0. The summed E-state index contributed by atoms with van der Waals surface area (Å²) in [6.07, 6.45) is 0.695. The van der Waals surface area contributed by atoms with Gasteiger partial charge in [-0.3, -0.25) is 19.7 Å². The zero-order valence-electron chi connectivity index (χ0n) is 15.4. The third-order valence-electron chi connectivity index (χ3n) is 5.82. The van der Waals surface area contributed by atoms with Gasteiger partial charge in [-0.05, 0) is 41.5 Å². The monoisotopic (exact) mass is 381 g/mol.